The molecule has 2 aromatic carbocycles. The molecule has 1 aliphatic heterocycles. The maximum absolute atomic E-state index is 13.6. The molecule has 3 heterocycles. The number of hydrogen-bond donors (Lipinski definition) is 1. The van der Waals surface area contributed by atoms with Crippen molar-refractivity contribution in [3.63, 3.8) is 0 Å². The van der Waals surface area contributed by atoms with E-state index in [0.29, 0.717) is 5.56 Å². The van der Waals surface area contributed by atoms with Gasteiger partial charge in [0.1, 0.15) is 6.04 Å². The largest absolute Gasteiger partial charge is 0.354 e. The van der Waals surface area contributed by atoms with E-state index in [1.54, 1.807) is 0 Å². The Labute approximate surface area is 198 Å². The van der Waals surface area contributed by atoms with E-state index >= 15 is 0 Å². The van der Waals surface area contributed by atoms with Crippen LogP contribution >= 0.6 is 0 Å². The van der Waals surface area contributed by atoms with Gasteiger partial charge < -0.3 is 9.88 Å². The Bertz CT molecular complexity index is 1400. The second-order valence-corrected chi connectivity index (χ2v) is 9.86. The summed E-state index contributed by atoms with van der Waals surface area (Å²) in [6.07, 6.45) is 6.72. The van der Waals surface area contributed by atoms with Crippen molar-refractivity contribution in [1.82, 2.24) is 25.2 Å². The van der Waals surface area contributed by atoms with E-state index in [-0.39, 0.29) is 23.7 Å². The van der Waals surface area contributed by atoms with Crippen LogP contribution in [0.25, 0.3) is 10.9 Å². The van der Waals surface area contributed by atoms with E-state index in [2.05, 4.69) is 62.7 Å². The molecule has 7 nitrogen and oxygen atoms in total. The van der Waals surface area contributed by atoms with Crippen LogP contribution in [0.3, 0.4) is 0 Å². The van der Waals surface area contributed by atoms with Crippen LogP contribution in [0.5, 0.6) is 0 Å². The molecule has 1 N–H and O–H groups in total. The van der Waals surface area contributed by atoms with E-state index in [1.807, 2.05) is 29.8 Å². The van der Waals surface area contributed by atoms with Gasteiger partial charge in [0.25, 0.3) is 5.56 Å². The number of H-pyrrole nitrogens is 1. The minimum Gasteiger partial charge on any atom is -0.354 e. The number of rotatable bonds is 4. The predicted octanol–water partition coefficient (Wildman–Crippen LogP) is 4.87. The highest BCUT2D eigenvalue weighted by Crippen LogP contribution is 2.41. The highest BCUT2D eigenvalue weighted by Gasteiger charge is 2.38. The maximum Gasteiger partial charge on any atom is 0.254 e. The van der Waals surface area contributed by atoms with Gasteiger partial charge in [-0.05, 0) is 72.2 Å². The number of aryl methyl sites for hydroxylation is 1. The van der Waals surface area contributed by atoms with E-state index in [1.165, 1.54) is 24.8 Å². The number of nitrogens with one attached hydrogen (secondary N) is 1. The van der Waals surface area contributed by atoms with Gasteiger partial charge in [-0.3, -0.25) is 4.79 Å². The maximum atomic E-state index is 13.6. The van der Waals surface area contributed by atoms with Gasteiger partial charge in [-0.25, -0.2) is 4.68 Å². The van der Waals surface area contributed by atoms with Crippen molar-refractivity contribution in [2.75, 3.05) is 4.90 Å². The van der Waals surface area contributed by atoms with Crippen LogP contribution in [0.2, 0.25) is 0 Å². The number of fused-ring (bicyclic) bond motifs is 2. The number of aromatic amines is 1. The van der Waals surface area contributed by atoms with Gasteiger partial charge in [-0.2, -0.15) is 0 Å². The molecule has 4 aromatic rings. The highest BCUT2D eigenvalue weighted by atomic mass is 16.1. The Hall–Kier alpha value is -3.48. The van der Waals surface area contributed by atoms with Crippen molar-refractivity contribution in [2.24, 2.45) is 0 Å². The summed E-state index contributed by atoms with van der Waals surface area (Å²) in [5, 5.41) is 14.2. The van der Waals surface area contributed by atoms with Crippen molar-refractivity contribution >= 4 is 16.6 Å². The predicted molar refractivity (Wildman–Crippen MR) is 133 cm³/mol. The zero-order valence-electron chi connectivity index (χ0n) is 19.7. The molecule has 1 aliphatic carbocycles. The summed E-state index contributed by atoms with van der Waals surface area (Å²) in [5.41, 5.74) is 5.00. The van der Waals surface area contributed by atoms with Gasteiger partial charge >= 0.3 is 0 Å². The minimum absolute atomic E-state index is 0.0819. The molecule has 2 aromatic heterocycles. The quantitative estimate of drug-likeness (QED) is 0.476. The summed E-state index contributed by atoms with van der Waals surface area (Å²) in [5.74, 6) is 0.757. The standard InChI is InChI=1S/C27H30N6O/c1-17-9-8-11-20-16-22(27(34)28-24(17)20)25(32-18(2)15-19-10-6-7-14-23(19)32)26-29-30-31-33(26)21-12-4-3-5-13-21/h6-11,14,16,18,21,25H,3-5,12-13,15H2,1-2H3,(H,28,34)/t18-,25+/m1/s1. The third-order valence-electron chi connectivity index (χ3n) is 7.63. The number of anilines is 1. The van der Waals surface area contributed by atoms with Crippen LogP contribution < -0.4 is 10.5 Å². The molecule has 1 fully saturated rings. The number of tetrazole rings is 1. The molecule has 0 bridgehead atoms. The summed E-state index contributed by atoms with van der Waals surface area (Å²) in [4.78, 5) is 19.1. The topological polar surface area (TPSA) is 79.7 Å². The van der Waals surface area contributed by atoms with E-state index < -0.39 is 0 Å². The first kappa shape index (κ1) is 21.1. The lowest BCUT2D eigenvalue weighted by Gasteiger charge is -2.34. The van der Waals surface area contributed by atoms with Crippen LogP contribution in [-0.2, 0) is 6.42 Å². The molecule has 0 unspecified atom stereocenters. The third-order valence-corrected chi connectivity index (χ3v) is 7.63. The third kappa shape index (κ3) is 3.42. The van der Waals surface area contributed by atoms with Crippen LogP contribution in [0.1, 0.15) is 73.6 Å². The Morgan fingerprint density at radius 3 is 2.74 bits per heavy atom. The fourth-order valence-corrected chi connectivity index (χ4v) is 5.97. The molecule has 0 spiro atoms. The number of benzene rings is 2. The number of pyridine rings is 1. The summed E-state index contributed by atoms with van der Waals surface area (Å²) >= 11 is 0. The van der Waals surface area contributed by atoms with Crippen molar-refractivity contribution < 1.29 is 0 Å². The Kier molecular flexibility index (Phi) is 5.20. The lowest BCUT2D eigenvalue weighted by Crippen LogP contribution is -2.39. The zero-order valence-corrected chi connectivity index (χ0v) is 19.7. The smallest absolute Gasteiger partial charge is 0.254 e. The van der Waals surface area contributed by atoms with Gasteiger partial charge in [-0.15, -0.1) is 5.10 Å². The molecular formula is C27H30N6O. The van der Waals surface area contributed by atoms with Gasteiger partial charge in [0.15, 0.2) is 5.82 Å². The first-order valence-electron chi connectivity index (χ1n) is 12.4. The summed E-state index contributed by atoms with van der Waals surface area (Å²) < 4.78 is 2.01. The fourth-order valence-electron chi connectivity index (χ4n) is 5.97. The summed E-state index contributed by atoms with van der Waals surface area (Å²) in [6, 6.07) is 16.8. The van der Waals surface area contributed by atoms with Gasteiger partial charge in [0.2, 0.25) is 0 Å². The number of para-hydroxylation sites is 2. The molecule has 7 heteroatoms. The zero-order chi connectivity index (χ0) is 23.2. The molecule has 174 valence electrons. The molecular weight excluding hydrogens is 424 g/mol. The summed E-state index contributed by atoms with van der Waals surface area (Å²) in [6.45, 7) is 4.25. The van der Waals surface area contributed by atoms with Crippen LogP contribution in [0, 0.1) is 6.92 Å². The lowest BCUT2D eigenvalue weighted by atomic mass is 9.95. The number of nitrogens with zero attached hydrogens (tertiary/aromatic N) is 5. The molecule has 1 saturated carbocycles. The molecule has 34 heavy (non-hydrogen) atoms. The first-order valence-corrected chi connectivity index (χ1v) is 12.4. The van der Waals surface area contributed by atoms with Crippen LogP contribution in [0.4, 0.5) is 5.69 Å². The van der Waals surface area contributed by atoms with Gasteiger partial charge in [0.05, 0.1) is 11.6 Å². The summed E-state index contributed by atoms with van der Waals surface area (Å²) in [7, 11) is 0. The normalized spacial score (nSPS) is 19.5. The van der Waals surface area contributed by atoms with Gasteiger partial charge in [0, 0.05) is 17.3 Å². The Morgan fingerprint density at radius 2 is 1.88 bits per heavy atom. The van der Waals surface area contributed by atoms with Crippen LogP contribution in [0.15, 0.2) is 53.3 Å². The average molecular weight is 455 g/mol. The van der Waals surface area contributed by atoms with Crippen LogP contribution in [-0.4, -0.2) is 31.2 Å². The first-order chi connectivity index (χ1) is 16.6. The molecule has 0 amide bonds. The van der Waals surface area contributed by atoms with Crippen molar-refractivity contribution in [2.45, 2.75) is 70.5 Å². The van der Waals surface area contributed by atoms with Gasteiger partial charge in [-0.1, -0.05) is 55.7 Å². The Balaban J connectivity index is 1.57. The second kappa shape index (κ2) is 8.38. The molecule has 2 atom stereocenters. The Morgan fingerprint density at radius 1 is 1.06 bits per heavy atom. The van der Waals surface area contributed by atoms with E-state index in [4.69, 9.17) is 0 Å². The SMILES string of the molecule is Cc1cccc2cc([C@@H](c3nnnn3C3CCCCC3)N3c4ccccc4C[C@H]3C)c(=O)[nH]c12. The molecule has 0 radical (unpaired) electrons. The van der Waals surface area contributed by atoms with Crippen molar-refractivity contribution in [1.29, 1.82) is 0 Å². The fraction of sp³-hybridized carbons (Fsp3) is 0.407. The molecule has 0 saturated heterocycles. The minimum atomic E-state index is -0.371. The van der Waals surface area contributed by atoms with Crippen molar-refractivity contribution in [3.8, 4) is 0 Å². The monoisotopic (exact) mass is 454 g/mol. The molecule has 6 rings (SSSR count). The highest BCUT2D eigenvalue weighted by molar-refractivity contribution is 5.82. The second-order valence-electron chi connectivity index (χ2n) is 9.86. The van der Waals surface area contributed by atoms with E-state index in [9.17, 15) is 4.79 Å². The van der Waals surface area contributed by atoms with Crippen molar-refractivity contribution in [3.05, 3.63) is 81.4 Å². The lowest BCUT2D eigenvalue weighted by molar-refractivity contribution is 0.312. The number of hydrogen-bond acceptors (Lipinski definition) is 5. The number of aromatic nitrogens is 5. The average Bonchev–Trinajstić information content (AvgIpc) is 3.46. The molecule has 2 aliphatic rings. The van der Waals surface area contributed by atoms with E-state index in [0.717, 1.165) is 47.2 Å².